The lowest BCUT2D eigenvalue weighted by Crippen LogP contribution is -2.16. The molecule has 0 aliphatic rings. The third-order valence-corrected chi connectivity index (χ3v) is 4.66. The second kappa shape index (κ2) is 8.09. The zero-order chi connectivity index (χ0) is 18.5. The largest absolute Gasteiger partial charge is 0.494 e. The molecule has 3 rings (SSSR count). The Morgan fingerprint density at radius 1 is 0.962 bits per heavy atom. The molecule has 2 aromatic carbocycles. The fourth-order valence-electron chi connectivity index (χ4n) is 3.27. The van der Waals surface area contributed by atoms with E-state index in [1.54, 1.807) is 0 Å². The van der Waals surface area contributed by atoms with Crippen molar-refractivity contribution in [1.82, 2.24) is 4.98 Å². The van der Waals surface area contributed by atoms with Crippen LogP contribution in [0.4, 0.5) is 5.69 Å². The summed E-state index contributed by atoms with van der Waals surface area (Å²) in [5.41, 5.74) is 5.20. The van der Waals surface area contributed by atoms with Crippen LogP contribution in [-0.2, 0) is 19.4 Å². The van der Waals surface area contributed by atoms with Gasteiger partial charge in [-0.3, -0.25) is 4.79 Å². The van der Waals surface area contributed by atoms with Gasteiger partial charge in [0.15, 0.2) is 0 Å². The van der Waals surface area contributed by atoms with Gasteiger partial charge in [0.1, 0.15) is 5.75 Å². The standard InChI is InChI=1S/C22H26N2O2/c1-4-15-8-7-9-16(5-2)21(15)23-14-18-12-17-13-19(26-6-3)10-11-20(17)24-22(18)25/h7-13,23H,4-6,14H2,1-3H3,(H,24,25). The summed E-state index contributed by atoms with van der Waals surface area (Å²) in [6.07, 6.45) is 1.92. The zero-order valence-electron chi connectivity index (χ0n) is 15.7. The van der Waals surface area contributed by atoms with Crippen LogP contribution in [0.5, 0.6) is 5.75 Å². The number of para-hydroxylation sites is 1. The normalized spacial score (nSPS) is 10.9. The van der Waals surface area contributed by atoms with Gasteiger partial charge >= 0.3 is 0 Å². The molecule has 0 saturated heterocycles. The van der Waals surface area contributed by atoms with Crippen molar-refractivity contribution in [2.45, 2.75) is 40.2 Å². The Hall–Kier alpha value is -2.75. The first kappa shape index (κ1) is 18.1. The highest BCUT2D eigenvalue weighted by molar-refractivity contribution is 5.80. The molecule has 0 unspecified atom stereocenters. The van der Waals surface area contributed by atoms with Crippen LogP contribution in [-0.4, -0.2) is 11.6 Å². The number of H-pyrrole nitrogens is 1. The number of hydrogen-bond acceptors (Lipinski definition) is 3. The summed E-state index contributed by atoms with van der Waals surface area (Å²) in [5, 5.41) is 4.47. The van der Waals surface area contributed by atoms with Gasteiger partial charge in [0.25, 0.3) is 5.56 Å². The van der Waals surface area contributed by atoms with Crippen LogP contribution in [0.15, 0.2) is 47.3 Å². The minimum Gasteiger partial charge on any atom is -0.494 e. The van der Waals surface area contributed by atoms with E-state index in [1.807, 2.05) is 31.2 Å². The molecule has 0 amide bonds. The van der Waals surface area contributed by atoms with Crippen molar-refractivity contribution in [1.29, 1.82) is 0 Å². The number of pyridine rings is 1. The summed E-state index contributed by atoms with van der Waals surface area (Å²) < 4.78 is 5.57. The van der Waals surface area contributed by atoms with E-state index in [9.17, 15) is 4.79 Å². The maximum Gasteiger partial charge on any atom is 0.253 e. The molecular weight excluding hydrogens is 324 g/mol. The first-order chi connectivity index (χ1) is 12.7. The molecule has 0 atom stereocenters. The molecule has 4 heteroatoms. The molecule has 3 aromatic rings. The second-order valence-corrected chi connectivity index (χ2v) is 6.32. The van der Waals surface area contributed by atoms with Crippen molar-refractivity contribution in [3.05, 3.63) is 69.5 Å². The van der Waals surface area contributed by atoms with Crippen molar-refractivity contribution in [3.63, 3.8) is 0 Å². The van der Waals surface area contributed by atoms with E-state index in [0.29, 0.717) is 13.2 Å². The van der Waals surface area contributed by atoms with Crippen molar-refractivity contribution in [3.8, 4) is 5.75 Å². The molecule has 0 saturated carbocycles. The summed E-state index contributed by atoms with van der Waals surface area (Å²) in [5.74, 6) is 0.815. The minimum atomic E-state index is -0.0545. The predicted octanol–water partition coefficient (Wildman–Crippen LogP) is 4.66. The van der Waals surface area contributed by atoms with E-state index < -0.39 is 0 Å². The monoisotopic (exact) mass is 350 g/mol. The van der Waals surface area contributed by atoms with E-state index in [-0.39, 0.29) is 5.56 Å². The lowest BCUT2D eigenvalue weighted by atomic mass is 10.0. The van der Waals surface area contributed by atoms with Crippen LogP contribution >= 0.6 is 0 Å². The van der Waals surface area contributed by atoms with Crippen LogP contribution in [0.2, 0.25) is 0 Å². The smallest absolute Gasteiger partial charge is 0.253 e. The molecule has 0 aliphatic heterocycles. The Labute approximate surface area is 154 Å². The van der Waals surface area contributed by atoms with Gasteiger partial charge in [-0.1, -0.05) is 32.0 Å². The number of rotatable bonds is 7. The van der Waals surface area contributed by atoms with E-state index in [4.69, 9.17) is 4.74 Å². The number of aromatic amines is 1. The summed E-state index contributed by atoms with van der Waals surface area (Å²) in [6.45, 7) is 7.38. The third kappa shape index (κ3) is 3.74. The van der Waals surface area contributed by atoms with Crippen LogP contribution in [0.25, 0.3) is 10.9 Å². The molecule has 0 spiro atoms. The van der Waals surface area contributed by atoms with Crippen molar-refractivity contribution in [2.75, 3.05) is 11.9 Å². The van der Waals surface area contributed by atoms with Gasteiger partial charge in [-0.15, -0.1) is 0 Å². The Kier molecular flexibility index (Phi) is 5.61. The predicted molar refractivity (Wildman–Crippen MR) is 108 cm³/mol. The van der Waals surface area contributed by atoms with Crippen LogP contribution in [0, 0.1) is 0 Å². The number of ether oxygens (including phenoxy) is 1. The molecule has 0 aliphatic carbocycles. The lowest BCUT2D eigenvalue weighted by molar-refractivity contribution is 0.340. The first-order valence-electron chi connectivity index (χ1n) is 9.29. The van der Waals surface area contributed by atoms with Crippen LogP contribution < -0.4 is 15.6 Å². The average molecular weight is 350 g/mol. The van der Waals surface area contributed by atoms with Gasteiger partial charge in [-0.2, -0.15) is 0 Å². The quantitative estimate of drug-likeness (QED) is 0.651. The molecule has 0 radical (unpaired) electrons. The number of fused-ring (bicyclic) bond motifs is 1. The number of hydrogen-bond donors (Lipinski definition) is 2. The fourth-order valence-corrected chi connectivity index (χ4v) is 3.27. The Morgan fingerprint density at radius 2 is 1.69 bits per heavy atom. The van der Waals surface area contributed by atoms with E-state index in [2.05, 4.69) is 42.3 Å². The van der Waals surface area contributed by atoms with E-state index in [0.717, 1.165) is 40.7 Å². The Balaban J connectivity index is 1.92. The molecule has 4 nitrogen and oxygen atoms in total. The highest BCUT2D eigenvalue weighted by Gasteiger charge is 2.08. The summed E-state index contributed by atoms with van der Waals surface area (Å²) >= 11 is 0. The number of anilines is 1. The Bertz CT molecular complexity index is 938. The summed E-state index contributed by atoms with van der Waals surface area (Å²) in [7, 11) is 0. The topological polar surface area (TPSA) is 54.1 Å². The fraction of sp³-hybridized carbons (Fsp3) is 0.318. The van der Waals surface area contributed by atoms with Crippen LogP contribution in [0.1, 0.15) is 37.5 Å². The van der Waals surface area contributed by atoms with Crippen LogP contribution in [0.3, 0.4) is 0 Å². The highest BCUT2D eigenvalue weighted by atomic mass is 16.5. The number of aromatic nitrogens is 1. The van der Waals surface area contributed by atoms with E-state index >= 15 is 0 Å². The molecule has 2 N–H and O–H groups in total. The summed E-state index contributed by atoms with van der Waals surface area (Å²) in [6, 6.07) is 14.1. The maximum absolute atomic E-state index is 12.4. The molecule has 1 heterocycles. The number of nitrogens with one attached hydrogen (secondary N) is 2. The molecule has 136 valence electrons. The highest BCUT2D eigenvalue weighted by Crippen LogP contribution is 2.24. The van der Waals surface area contributed by atoms with Gasteiger partial charge in [0.05, 0.1) is 6.61 Å². The van der Waals surface area contributed by atoms with Crippen molar-refractivity contribution >= 4 is 16.6 Å². The second-order valence-electron chi connectivity index (χ2n) is 6.32. The SMILES string of the molecule is CCOc1ccc2[nH]c(=O)c(CNc3c(CC)cccc3CC)cc2c1. The molecule has 0 fully saturated rings. The molecular formula is C22H26N2O2. The zero-order valence-corrected chi connectivity index (χ0v) is 15.7. The number of benzene rings is 2. The van der Waals surface area contributed by atoms with E-state index in [1.165, 1.54) is 11.1 Å². The molecule has 26 heavy (non-hydrogen) atoms. The first-order valence-corrected chi connectivity index (χ1v) is 9.29. The molecule has 1 aromatic heterocycles. The van der Waals surface area contributed by atoms with Crippen molar-refractivity contribution < 1.29 is 4.74 Å². The summed E-state index contributed by atoms with van der Waals surface area (Å²) in [4.78, 5) is 15.4. The third-order valence-electron chi connectivity index (χ3n) is 4.66. The van der Waals surface area contributed by atoms with Gasteiger partial charge in [0, 0.05) is 28.7 Å². The number of aryl methyl sites for hydroxylation is 2. The maximum atomic E-state index is 12.4. The van der Waals surface area contributed by atoms with Gasteiger partial charge in [0.2, 0.25) is 0 Å². The average Bonchev–Trinajstić information content (AvgIpc) is 2.66. The Morgan fingerprint density at radius 3 is 2.35 bits per heavy atom. The minimum absolute atomic E-state index is 0.0545. The molecule has 0 bridgehead atoms. The van der Waals surface area contributed by atoms with Gasteiger partial charge in [-0.25, -0.2) is 0 Å². The van der Waals surface area contributed by atoms with Gasteiger partial charge < -0.3 is 15.0 Å². The van der Waals surface area contributed by atoms with Gasteiger partial charge in [-0.05, 0) is 55.2 Å². The lowest BCUT2D eigenvalue weighted by Gasteiger charge is -2.15. The van der Waals surface area contributed by atoms with Crippen molar-refractivity contribution in [2.24, 2.45) is 0 Å².